The van der Waals surface area contributed by atoms with Crippen molar-refractivity contribution in [3.05, 3.63) is 28.6 Å². The van der Waals surface area contributed by atoms with Gasteiger partial charge in [0.25, 0.3) is 0 Å². The molecule has 1 aliphatic heterocycles. The molecular formula is C12H9BrN2O3. The van der Waals surface area contributed by atoms with Gasteiger partial charge in [-0.1, -0.05) is 0 Å². The van der Waals surface area contributed by atoms with E-state index in [0.29, 0.717) is 23.9 Å². The molecule has 6 heteroatoms. The Morgan fingerprint density at radius 1 is 1.44 bits per heavy atom. The highest BCUT2D eigenvalue weighted by Crippen LogP contribution is 2.32. The summed E-state index contributed by atoms with van der Waals surface area (Å²) in [7, 11) is 0. The van der Waals surface area contributed by atoms with E-state index in [1.54, 1.807) is 18.5 Å². The molecule has 1 fully saturated rings. The van der Waals surface area contributed by atoms with Gasteiger partial charge < -0.3 is 4.42 Å². The van der Waals surface area contributed by atoms with Crippen molar-refractivity contribution >= 4 is 38.8 Å². The van der Waals surface area contributed by atoms with E-state index in [2.05, 4.69) is 26.2 Å². The van der Waals surface area contributed by atoms with Crippen LogP contribution in [-0.2, 0) is 9.59 Å². The second-order valence-electron chi connectivity index (χ2n) is 4.20. The molecule has 92 valence electrons. The Morgan fingerprint density at radius 3 is 3.06 bits per heavy atom. The number of carbonyl (C=O) groups is 2. The SMILES string of the molecule is O=C1CCC(c2coc3cc(Br)cnc23)C(=O)N1. The van der Waals surface area contributed by atoms with Crippen molar-refractivity contribution in [2.24, 2.45) is 0 Å². The van der Waals surface area contributed by atoms with E-state index in [-0.39, 0.29) is 17.7 Å². The number of rotatable bonds is 1. The van der Waals surface area contributed by atoms with Gasteiger partial charge in [0.05, 0.1) is 12.2 Å². The number of pyridine rings is 1. The van der Waals surface area contributed by atoms with E-state index in [4.69, 9.17) is 4.42 Å². The van der Waals surface area contributed by atoms with Crippen molar-refractivity contribution in [2.75, 3.05) is 0 Å². The van der Waals surface area contributed by atoms with Gasteiger partial charge in [-0.2, -0.15) is 0 Å². The van der Waals surface area contributed by atoms with Gasteiger partial charge in [0, 0.05) is 22.7 Å². The Labute approximate surface area is 111 Å². The molecule has 2 amide bonds. The third kappa shape index (κ3) is 1.82. The van der Waals surface area contributed by atoms with Gasteiger partial charge in [0.1, 0.15) is 5.52 Å². The molecule has 0 aromatic carbocycles. The van der Waals surface area contributed by atoms with Crippen molar-refractivity contribution in [2.45, 2.75) is 18.8 Å². The lowest BCUT2D eigenvalue weighted by atomic mass is 9.92. The average Bonchev–Trinajstić information content (AvgIpc) is 2.72. The lowest BCUT2D eigenvalue weighted by molar-refractivity contribution is -0.134. The highest BCUT2D eigenvalue weighted by atomic mass is 79.9. The maximum absolute atomic E-state index is 11.8. The van der Waals surface area contributed by atoms with Crippen LogP contribution in [0.5, 0.6) is 0 Å². The van der Waals surface area contributed by atoms with Crippen molar-refractivity contribution in [3.63, 3.8) is 0 Å². The van der Waals surface area contributed by atoms with Crippen LogP contribution in [0.3, 0.4) is 0 Å². The van der Waals surface area contributed by atoms with E-state index in [0.717, 1.165) is 10.0 Å². The summed E-state index contributed by atoms with van der Waals surface area (Å²) in [6, 6.07) is 1.80. The molecule has 0 aliphatic carbocycles. The summed E-state index contributed by atoms with van der Waals surface area (Å²) in [6.07, 6.45) is 4.05. The summed E-state index contributed by atoms with van der Waals surface area (Å²) in [6.45, 7) is 0. The van der Waals surface area contributed by atoms with Gasteiger partial charge in [-0.15, -0.1) is 0 Å². The highest BCUT2D eigenvalue weighted by Gasteiger charge is 2.30. The van der Waals surface area contributed by atoms with Crippen LogP contribution >= 0.6 is 15.9 Å². The number of imide groups is 1. The maximum Gasteiger partial charge on any atom is 0.234 e. The van der Waals surface area contributed by atoms with Crippen LogP contribution in [0, 0.1) is 0 Å². The monoisotopic (exact) mass is 308 g/mol. The zero-order chi connectivity index (χ0) is 12.7. The minimum Gasteiger partial charge on any atom is -0.462 e. The van der Waals surface area contributed by atoms with Gasteiger partial charge in [-0.25, -0.2) is 0 Å². The number of hydrogen-bond donors (Lipinski definition) is 1. The van der Waals surface area contributed by atoms with Gasteiger partial charge in [-0.05, 0) is 28.4 Å². The van der Waals surface area contributed by atoms with Crippen molar-refractivity contribution < 1.29 is 14.0 Å². The number of carbonyl (C=O) groups excluding carboxylic acids is 2. The molecule has 5 nitrogen and oxygen atoms in total. The molecule has 0 radical (unpaired) electrons. The topological polar surface area (TPSA) is 72.2 Å². The Morgan fingerprint density at radius 2 is 2.28 bits per heavy atom. The number of nitrogens with zero attached hydrogens (tertiary/aromatic N) is 1. The second-order valence-corrected chi connectivity index (χ2v) is 5.11. The molecule has 0 spiro atoms. The summed E-state index contributed by atoms with van der Waals surface area (Å²) in [5.74, 6) is -0.865. The van der Waals surface area contributed by atoms with Crippen LogP contribution in [0.2, 0.25) is 0 Å². The molecule has 1 aliphatic rings. The van der Waals surface area contributed by atoms with Gasteiger partial charge in [0.15, 0.2) is 5.58 Å². The Bertz CT molecular complexity index is 650. The normalized spacial score (nSPS) is 20.2. The van der Waals surface area contributed by atoms with E-state index < -0.39 is 0 Å². The zero-order valence-electron chi connectivity index (χ0n) is 9.27. The number of amides is 2. The number of piperidine rings is 1. The maximum atomic E-state index is 11.8. The summed E-state index contributed by atoms with van der Waals surface area (Å²) >= 11 is 3.31. The van der Waals surface area contributed by atoms with Crippen LogP contribution in [0.4, 0.5) is 0 Å². The quantitative estimate of drug-likeness (QED) is 0.819. The Balaban J connectivity index is 2.04. The van der Waals surface area contributed by atoms with Crippen LogP contribution in [-0.4, -0.2) is 16.8 Å². The minimum atomic E-state index is -0.363. The fraction of sp³-hybridized carbons (Fsp3) is 0.250. The number of furan rings is 1. The van der Waals surface area contributed by atoms with Gasteiger partial charge in [0.2, 0.25) is 11.8 Å². The van der Waals surface area contributed by atoms with E-state index in [1.165, 1.54) is 0 Å². The second kappa shape index (κ2) is 4.20. The molecule has 3 rings (SSSR count). The predicted octanol–water partition coefficient (Wildman–Crippen LogP) is 2.11. The third-order valence-electron chi connectivity index (χ3n) is 3.02. The molecule has 1 atom stereocenters. The van der Waals surface area contributed by atoms with Crippen LogP contribution in [0.25, 0.3) is 11.1 Å². The summed E-state index contributed by atoms with van der Waals surface area (Å²) in [5.41, 5.74) is 2.04. The number of aromatic nitrogens is 1. The van der Waals surface area contributed by atoms with E-state index in [1.807, 2.05) is 0 Å². The van der Waals surface area contributed by atoms with Crippen molar-refractivity contribution in [3.8, 4) is 0 Å². The largest absolute Gasteiger partial charge is 0.462 e. The smallest absolute Gasteiger partial charge is 0.234 e. The summed E-state index contributed by atoms with van der Waals surface area (Å²) < 4.78 is 6.22. The van der Waals surface area contributed by atoms with Crippen molar-refractivity contribution in [1.82, 2.24) is 10.3 Å². The lowest BCUT2D eigenvalue weighted by Crippen LogP contribution is -2.39. The molecule has 18 heavy (non-hydrogen) atoms. The Kier molecular flexibility index (Phi) is 2.66. The number of halogens is 1. The first kappa shape index (κ1) is 11.4. The molecule has 0 bridgehead atoms. The third-order valence-corrected chi connectivity index (χ3v) is 3.45. The lowest BCUT2D eigenvalue weighted by Gasteiger charge is -2.19. The van der Waals surface area contributed by atoms with E-state index >= 15 is 0 Å². The van der Waals surface area contributed by atoms with Gasteiger partial charge in [-0.3, -0.25) is 19.9 Å². The molecule has 3 heterocycles. The molecule has 0 saturated carbocycles. The van der Waals surface area contributed by atoms with Gasteiger partial charge >= 0.3 is 0 Å². The first-order chi connectivity index (χ1) is 8.65. The minimum absolute atomic E-state index is 0.222. The average molecular weight is 309 g/mol. The molecule has 1 saturated heterocycles. The molecular weight excluding hydrogens is 300 g/mol. The fourth-order valence-corrected chi connectivity index (χ4v) is 2.46. The van der Waals surface area contributed by atoms with Crippen LogP contribution in [0.15, 0.2) is 27.4 Å². The standard InChI is InChI=1S/C12H9BrN2O3/c13-6-3-9-11(14-4-6)8(5-18-9)7-1-2-10(16)15-12(7)17/h3-5,7H,1-2H2,(H,15,16,17). The van der Waals surface area contributed by atoms with Crippen molar-refractivity contribution in [1.29, 1.82) is 0 Å². The zero-order valence-corrected chi connectivity index (χ0v) is 10.9. The molecule has 1 unspecified atom stereocenters. The van der Waals surface area contributed by atoms with E-state index in [9.17, 15) is 9.59 Å². The van der Waals surface area contributed by atoms with Crippen LogP contribution in [0.1, 0.15) is 24.3 Å². The number of hydrogen-bond acceptors (Lipinski definition) is 4. The fourth-order valence-electron chi connectivity index (χ4n) is 2.15. The number of fused-ring (bicyclic) bond motifs is 1. The predicted molar refractivity (Wildman–Crippen MR) is 66.8 cm³/mol. The Hall–Kier alpha value is -1.69. The molecule has 1 N–H and O–H groups in total. The first-order valence-electron chi connectivity index (χ1n) is 5.51. The number of nitrogens with one attached hydrogen (secondary N) is 1. The van der Waals surface area contributed by atoms with Crippen LogP contribution < -0.4 is 5.32 Å². The summed E-state index contributed by atoms with van der Waals surface area (Å²) in [4.78, 5) is 27.2. The summed E-state index contributed by atoms with van der Waals surface area (Å²) in [5, 5.41) is 2.34. The highest BCUT2D eigenvalue weighted by molar-refractivity contribution is 9.10. The molecule has 2 aromatic heterocycles. The first-order valence-corrected chi connectivity index (χ1v) is 6.31. The molecule has 2 aromatic rings.